The predicted octanol–water partition coefficient (Wildman–Crippen LogP) is 1.26. The van der Waals surface area contributed by atoms with Crippen LogP contribution in [0.1, 0.15) is 22.3 Å². The first-order valence-corrected chi connectivity index (χ1v) is 8.19. The SMILES string of the molecule is Cc1ccc(C(=O)O)cc1S(=O)(=O)NCCCn1cccn1. The van der Waals surface area contributed by atoms with E-state index in [0.29, 0.717) is 18.5 Å². The van der Waals surface area contributed by atoms with Crippen LogP contribution in [-0.2, 0) is 16.6 Å². The molecule has 0 radical (unpaired) electrons. The number of benzene rings is 1. The van der Waals surface area contributed by atoms with Crippen LogP contribution in [-0.4, -0.2) is 35.8 Å². The van der Waals surface area contributed by atoms with Gasteiger partial charge in [-0.2, -0.15) is 5.10 Å². The molecule has 0 spiro atoms. The van der Waals surface area contributed by atoms with Gasteiger partial charge in [0.2, 0.25) is 10.0 Å². The van der Waals surface area contributed by atoms with Gasteiger partial charge >= 0.3 is 5.97 Å². The Balaban J connectivity index is 2.03. The van der Waals surface area contributed by atoms with E-state index in [9.17, 15) is 13.2 Å². The fourth-order valence-corrected chi connectivity index (χ4v) is 3.32. The lowest BCUT2D eigenvalue weighted by atomic mass is 10.1. The van der Waals surface area contributed by atoms with Gasteiger partial charge in [0, 0.05) is 25.5 Å². The van der Waals surface area contributed by atoms with Gasteiger partial charge in [0.15, 0.2) is 0 Å². The van der Waals surface area contributed by atoms with Gasteiger partial charge in [-0.15, -0.1) is 0 Å². The highest BCUT2D eigenvalue weighted by Gasteiger charge is 2.18. The molecule has 0 amide bonds. The van der Waals surface area contributed by atoms with Gasteiger partial charge in [0.1, 0.15) is 0 Å². The predicted molar refractivity (Wildman–Crippen MR) is 80.2 cm³/mol. The van der Waals surface area contributed by atoms with Crippen molar-refractivity contribution in [3.8, 4) is 0 Å². The first-order chi connectivity index (χ1) is 10.4. The Morgan fingerprint density at radius 2 is 2.18 bits per heavy atom. The van der Waals surface area contributed by atoms with Crippen LogP contribution in [0.3, 0.4) is 0 Å². The highest BCUT2D eigenvalue weighted by atomic mass is 32.2. The van der Waals surface area contributed by atoms with Crippen LogP contribution in [0.2, 0.25) is 0 Å². The molecule has 2 rings (SSSR count). The van der Waals surface area contributed by atoms with Crippen molar-refractivity contribution in [3.63, 3.8) is 0 Å². The molecule has 2 N–H and O–H groups in total. The van der Waals surface area contributed by atoms with Crippen LogP contribution in [0.5, 0.6) is 0 Å². The molecule has 1 heterocycles. The number of hydrogen-bond acceptors (Lipinski definition) is 4. The third-order valence-corrected chi connectivity index (χ3v) is 4.74. The van der Waals surface area contributed by atoms with Crippen molar-refractivity contribution in [2.75, 3.05) is 6.54 Å². The number of aryl methyl sites for hydroxylation is 2. The Labute approximate surface area is 128 Å². The van der Waals surface area contributed by atoms with Crippen LogP contribution < -0.4 is 4.72 Å². The zero-order chi connectivity index (χ0) is 16.2. The maximum Gasteiger partial charge on any atom is 0.335 e. The summed E-state index contributed by atoms with van der Waals surface area (Å²) in [5.74, 6) is -1.16. The molecule has 0 saturated carbocycles. The van der Waals surface area contributed by atoms with Crippen molar-refractivity contribution in [2.45, 2.75) is 24.8 Å². The van der Waals surface area contributed by atoms with E-state index in [4.69, 9.17) is 5.11 Å². The van der Waals surface area contributed by atoms with Crippen molar-refractivity contribution < 1.29 is 18.3 Å². The molecule has 1 aromatic carbocycles. The van der Waals surface area contributed by atoms with E-state index in [1.807, 2.05) is 0 Å². The summed E-state index contributed by atoms with van der Waals surface area (Å²) in [6.07, 6.45) is 4.04. The number of carboxylic acid groups (broad SMARTS) is 1. The number of rotatable bonds is 7. The number of nitrogens with one attached hydrogen (secondary N) is 1. The van der Waals surface area contributed by atoms with E-state index < -0.39 is 16.0 Å². The number of nitrogens with zero attached hydrogens (tertiary/aromatic N) is 2. The number of hydrogen-bond donors (Lipinski definition) is 2. The monoisotopic (exact) mass is 323 g/mol. The molecule has 0 fully saturated rings. The Morgan fingerprint density at radius 1 is 1.41 bits per heavy atom. The number of carbonyl (C=O) groups is 1. The molecule has 8 heteroatoms. The second kappa shape index (κ2) is 6.71. The zero-order valence-electron chi connectivity index (χ0n) is 12.1. The molecule has 22 heavy (non-hydrogen) atoms. The first kappa shape index (κ1) is 16.2. The third-order valence-electron chi connectivity index (χ3n) is 3.14. The van der Waals surface area contributed by atoms with E-state index in [1.54, 1.807) is 30.1 Å². The second-order valence-corrected chi connectivity index (χ2v) is 6.54. The minimum atomic E-state index is -3.73. The van der Waals surface area contributed by atoms with Gasteiger partial charge in [0.05, 0.1) is 10.5 Å². The third kappa shape index (κ3) is 3.92. The Morgan fingerprint density at radius 3 is 2.82 bits per heavy atom. The highest BCUT2D eigenvalue weighted by molar-refractivity contribution is 7.89. The standard InChI is InChI=1S/C14H17N3O4S/c1-11-4-5-12(14(18)19)10-13(11)22(20,21)16-7-3-9-17-8-2-6-15-17/h2,4-6,8,10,16H,3,7,9H2,1H3,(H,18,19). The summed E-state index contributed by atoms with van der Waals surface area (Å²) in [5, 5.41) is 13.0. The van der Waals surface area contributed by atoms with Gasteiger partial charge in [-0.25, -0.2) is 17.9 Å². The van der Waals surface area contributed by atoms with Gasteiger partial charge in [-0.05, 0) is 37.1 Å². The Hall–Kier alpha value is -2.19. The molecule has 118 valence electrons. The molecular formula is C14H17N3O4S. The second-order valence-electron chi connectivity index (χ2n) is 4.81. The lowest BCUT2D eigenvalue weighted by molar-refractivity contribution is 0.0696. The van der Waals surface area contributed by atoms with E-state index in [0.717, 1.165) is 0 Å². The smallest absolute Gasteiger partial charge is 0.335 e. The van der Waals surface area contributed by atoms with E-state index in [1.165, 1.54) is 18.2 Å². The molecule has 0 aliphatic rings. The summed E-state index contributed by atoms with van der Waals surface area (Å²) in [6, 6.07) is 5.84. The van der Waals surface area contributed by atoms with Crippen LogP contribution in [0, 0.1) is 6.92 Å². The summed E-state index contributed by atoms with van der Waals surface area (Å²) < 4.78 is 28.7. The molecule has 0 aliphatic carbocycles. The average molecular weight is 323 g/mol. The normalized spacial score (nSPS) is 11.5. The number of aromatic carboxylic acids is 1. The molecule has 0 aliphatic heterocycles. The molecule has 1 aromatic heterocycles. The van der Waals surface area contributed by atoms with Gasteiger partial charge in [-0.1, -0.05) is 6.07 Å². The molecule has 0 unspecified atom stereocenters. The van der Waals surface area contributed by atoms with E-state index >= 15 is 0 Å². The maximum absolute atomic E-state index is 12.3. The van der Waals surface area contributed by atoms with Crippen molar-refractivity contribution in [2.24, 2.45) is 0 Å². The minimum Gasteiger partial charge on any atom is -0.478 e. The average Bonchev–Trinajstić information content (AvgIpc) is 2.97. The fourth-order valence-electron chi connectivity index (χ4n) is 1.98. The number of aromatic nitrogens is 2. The van der Waals surface area contributed by atoms with Crippen molar-refractivity contribution in [1.82, 2.24) is 14.5 Å². The molecule has 0 bridgehead atoms. The Kier molecular flexibility index (Phi) is 4.94. The van der Waals surface area contributed by atoms with E-state index in [-0.39, 0.29) is 17.0 Å². The van der Waals surface area contributed by atoms with Gasteiger partial charge in [-0.3, -0.25) is 4.68 Å². The van der Waals surface area contributed by atoms with Crippen molar-refractivity contribution >= 4 is 16.0 Å². The van der Waals surface area contributed by atoms with E-state index in [2.05, 4.69) is 9.82 Å². The van der Waals surface area contributed by atoms with Gasteiger partial charge < -0.3 is 5.11 Å². The van der Waals surface area contributed by atoms with Crippen molar-refractivity contribution in [3.05, 3.63) is 47.8 Å². The largest absolute Gasteiger partial charge is 0.478 e. The topological polar surface area (TPSA) is 101 Å². The lowest BCUT2D eigenvalue weighted by Gasteiger charge is -2.10. The quantitative estimate of drug-likeness (QED) is 0.747. The lowest BCUT2D eigenvalue weighted by Crippen LogP contribution is -2.26. The number of carboxylic acids is 1. The summed E-state index contributed by atoms with van der Waals surface area (Å²) in [6.45, 7) is 2.48. The van der Waals surface area contributed by atoms with Crippen LogP contribution in [0.15, 0.2) is 41.6 Å². The maximum atomic E-state index is 12.3. The van der Waals surface area contributed by atoms with Gasteiger partial charge in [0.25, 0.3) is 0 Å². The van der Waals surface area contributed by atoms with Crippen LogP contribution in [0.25, 0.3) is 0 Å². The summed E-state index contributed by atoms with van der Waals surface area (Å²) >= 11 is 0. The minimum absolute atomic E-state index is 0.00788. The Bertz CT molecular complexity index is 754. The zero-order valence-corrected chi connectivity index (χ0v) is 12.9. The molecular weight excluding hydrogens is 306 g/mol. The summed E-state index contributed by atoms with van der Waals surface area (Å²) in [4.78, 5) is 11.0. The van der Waals surface area contributed by atoms with Crippen LogP contribution in [0.4, 0.5) is 0 Å². The summed E-state index contributed by atoms with van der Waals surface area (Å²) in [7, 11) is -3.73. The molecule has 2 aromatic rings. The number of sulfonamides is 1. The molecule has 0 atom stereocenters. The first-order valence-electron chi connectivity index (χ1n) is 6.71. The highest BCUT2D eigenvalue weighted by Crippen LogP contribution is 2.17. The fraction of sp³-hybridized carbons (Fsp3) is 0.286. The van der Waals surface area contributed by atoms with Crippen molar-refractivity contribution in [1.29, 1.82) is 0 Å². The van der Waals surface area contributed by atoms with Crippen LogP contribution >= 0.6 is 0 Å². The molecule has 0 saturated heterocycles. The summed E-state index contributed by atoms with van der Waals surface area (Å²) in [5.41, 5.74) is 0.451. The molecule has 7 nitrogen and oxygen atoms in total.